The quantitative estimate of drug-likeness (QED) is 0.325. The van der Waals surface area contributed by atoms with Crippen LogP contribution in [0, 0.1) is 19.8 Å². The van der Waals surface area contributed by atoms with Crippen molar-refractivity contribution < 1.29 is 14.3 Å². The predicted octanol–water partition coefficient (Wildman–Crippen LogP) is 3.84. The van der Waals surface area contributed by atoms with Crippen molar-refractivity contribution in [1.82, 2.24) is 14.0 Å². The number of hydrogen-bond acceptors (Lipinski definition) is 5. The van der Waals surface area contributed by atoms with Crippen molar-refractivity contribution in [2.75, 3.05) is 6.61 Å². The van der Waals surface area contributed by atoms with Gasteiger partial charge in [-0.3, -0.25) is 14.0 Å². The second-order valence-electron chi connectivity index (χ2n) is 8.88. The van der Waals surface area contributed by atoms with Crippen molar-refractivity contribution in [2.45, 2.75) is 41.2 Å². The normalized spacial score (nSPS) is 12.0. The molecule has 1 amide bonds. The number of esters is 1. The Bertz CT molecular complexity index is 1600. The molecule has 4 aromatic rings. The molecular weight excluding hydrogens is 444 g/mol. The van der Waals surface area contributed by atoms with Gasteiger partial charge >= 0.3 is 5.97 Å². The van der Waals surface area contributed by atoms with Gasteiger partial charge in [0.2, 0.25) is 0 Å². The number of rotatable bonds is 5. The third kappa shape index (κ3) is 4.51. The van der Waals surface area contributed by atoms with E-state index in [4.69, 9.17) is 9.72 Å². The summed E-state index contributed by atoms with van der Waals surface area (Å²) in [6.07, 6.45) is 1.65. The largest absolute Gasteiger partial charge is 0.462 e. The first-order valence-electron chi connectivity index (χ1n) is 11.6. The van der Waals surface area contributed by atoms with Crippen molar-refractivity contribution in [1.29, 1.82) is 0 Å². The Morgan fingerprint density at radius 3 is 2.43 bits per heavy atom. The molecule has 0 aliphatic heterocycles. The molecule has 3 aromatic heterocycles. The van der Waals surface area contributed by atoms with Gasteiger partial charge in [-0.25, -0.2) is 9.78 Å². The van der Waals surface area contributed by atoms with Gasteiger partial charge in [0.05, 0.1) is 12.0 Å². The van der Waals surface area contributed by atoms with E-state index in [1.54, 1.807) is 35.9 Å². The van der Waals surface area contributed by atoms with Crippen LogP contribution < -0.4 is 11.0 Å². The zero-order chi connectivity index (χ0) is 25.3. The first kappa shape index (κ1) is 24.1. The average molecular weight is 473 g/mol. The van der Waals surface area contributed by atoms with E-state index < -0.39 is 11.9 Å². The number of benzene rings is 1. The fourth-order valence-electron chi connectivity index (χ4n) is 4.07. The number of nitrogens with zero attached hydrogens (tertiary/aromatic N) is 4. The van der Waals surface area contributed by atoms with E-state index in [-0.39, 0.29) is 34.5 Å². The van der Waals surface area contributed by atoms with Crippen LogP contribution in [0.25, 0.3) is 16.7 Å². The summed E-state index contributed by atoms with van der Waals surface area (Å²) in [6, 6.07) is 12.2. The van der Waals surface area contributed by atoms with Crippen LogP contribution in [0.4, 0.5) is 0 Å². The maximum Gasteiger partial charge on any atom is 0.341 e. The lowest BCUT2D eigenvalue weighted by molar-refractivity contribution is 0.0523. The molecule has 180 valence electrons. The van der Waals surface area contributed by atoms with Crippen LogP contribution in [-0.4, -0.2) is 32.4 Å². The fraction of sp³-hybridized carbons (Fsp3) is 0.296. The van der Waals surface area contributed by atoms with Gasteiger partial charge in [-0.15, -0.1) is 0 Å². The fourth-order valence-corrected chi connectivity index (χ4v) is 4.07. The van der Waals surface area contributed by atoms with Gasteiger partial charge in [0.25, 0.3) is 11.5 Å². The minimum atomic E-state index is -0.656. The molecule has 3 heterocycles. The summed E-state index contributed by atoms with van der Waals surface area (Å²) in [5.41, 5.74) is 2.76. The summed E-state index contributed by atoms with van der Waals surface area (Å²) >= 11 is 0. The second-order valence-corrected chi connectivity index (χ2v) is 8.88. The molecule has 0 unspecified atom stereocenters. The van der Waals surface area contributed by atoms with E-state index in [1.165, 1.54) is 10.5 Å². The van der Waals surface area contributed by atoms with E-state index >= 15 is 0 Å². The van der Waals surface area contributed by atoms with Crippen molar-refractivity contribution >= 4 is 28.6 Å². The van der Waals surface area contributed by atoms with E-state index in [9.17, 15) is 14.4 Å². The summed E-state index contributed by atoms with van der Waals surface area (Å²) in [5, 5.41) is 0.249. The molecule has 0 spiro atoms. The standard InChI is InChI=1S/C27H28N4O4/c1-6-35-27(34)21-14-20-23(28-22-18(5)11-9-13-30(22)26(20)33)31(15-16(2)3)24(21)29-25(32)19-12-8-7-10-17(19)4/h7-14,16H,6,15H2,1-5H3. The third-order valence-corrected chi connectivity index (χ3v) is 5.73. The van der Waals surface area contributed by atoms with E-state index in [2.05, 4.69) is 4.99 Å². The SMILES string of the molecule is CCOC(=O)c1cc2c(=O)n3cccc(C)c3nc2n(CC(C)C)c1=NC(=O)c1ccccc1C. The molecule has 0 N–H and O–H groups in total. The zero-order valence-corrected chi connectivity index (χ0v) is 20.5. The lowest BCUT2D eigenvalue weighted by Crippen LogP contribution is -2.34. The van der Waals surface area contributed by atoms with E-state index in [0.717, 1.165) is 11.1 Å². The lowest BCUT2D eigenvalue weighted by atomic mass is 10.1. The van der Waals surface area contributed by atoms with Crippen LogP contribution in [0.5, 0.6) is 0 Å². The van der Waals surface area contributed by atoms with Gasteiger partial charge in [-0.1, -0.05) is 38.1 Å². The molecule has 0 saturated heterocycles. The highest BCUT2D eigenvalue weighted by molar-refractivity contribution is 5.98. The monoisotopic (exact) mass is 472 g/mol. The first-order valence-corrected chi connectivity index (χ1v) is 11.6. The molecule has 8 nitrogen and oxygen atoms in total. The van der Waals surface area contributed by atoms with Gasteiger partial charge in [0.1, 0.15) is 16.9 Å². The summed E-state index contributed by atoms with van der Waals surface area (Å²) in [6.45, 7) is 9.93. The van der Waals surface area contributed by atoms with E-state index in [0.29, 0.717) is 23.4 Å². The number of carbonyl (C=O) groups excluding carboxylic acids is 2. The molecule has 0 radical (unpaired) electrons. The van der Waals surface area contributed by atoms with Crippen LogP contribution in [0.1, 0.15) is 52.6 Å². The number of ether oxygens (including phenoxy) is 1. The number of aromatic nitrogens is 3. The summed E-state index contributed by atoms with van der Waals surface area (Å²) in [7, 11) is 0. The minimum absolute atomic E-state index is 0.0495. The number of hydrogen-bond donors (Lipinski definition) is 0. The summed E-state index contributed by atoms with van der Waals surface area (Å²) in [4.78, 5) is 49.0. The van der Waals surface area contributed by atoms with E-state index in [1.807, 2.05) is 45.9 Å². The molecule has 8 heteroatoms. The minimum Gasteiger partial charge on any atom is -0.462 e. The Hall–Kier alpha value is -4.07. The molecule has 0 fully saturated rings. The Kier molecular flexibility index (Phi) is 6.64. The van der Waals surface area contributed by atoms with Crippen LogP contribution in [0.15, 0.2) is 58.4 Å². The van der Waals surface area contributed by atoms with Crippen LogP contribution >= 0.6 is 0 Å². The van der Waals surface area contributed by atoms with Crippen molar-refractivity contribution in [3.8, 4) is 0 Å². The lowest BCUT2D eigenvalue weighted by Gasteiger charge is -2.17. The Morgan fingerprint density at radius 1 is 1.03 bits per heavy atom. The van der Waals surface area contributed by atoms with Gasteiger partial charge in [0.15, 0.2) is 5.49 Å². The number of pyridine rings is 2. The number of fused-ring (bicyclic) bond motifs is 2. The van der Waals surface area contributed by atoms with Crippen LogP contribution in [0.3, 0.4) is 0 Å². The maximum atomic E-state index is 13.5. The molecule has 0 atom stereocenters. The highest BCUT2D eigenvalue weighted by Crippen LogP contribution is 2.15. The highest BCUT2D eigenvalue weighted by atomic mass is 16.5. The zero-order valence-electron chi connectivity index (χ0n) is 20.5. The van der Waals surface area contributed by atoms with Crippen molar-refractivity contribution in [2.24, 2.45) is 10.9 Å². The molecule has 0 aliphatic rings. The molecule has 1 aromatic carbocycles. The predicted molar refractivity (Wildman–Crippen MR) is 134 cm³/mol. The Labute approximate surface area is 202 Å². The second kappa shape index (κ2) is 9.66. The molecular formula is C27H28N4O4. The number of amides is 1. The van der Waals surface area contributed by atoms with Gasteiger partial charge in [-0.05, 0) is 56.0 Å². The maximum absolute atomic E-state index is 13.5. The number of aryl methyl sites for hydroxylation is 2. The Morgan fingerprint density at radius 2 is 1.74 bits per heavy atom. The Balaban J connectivity index is 2.18. The van der Waals surface area contributed by atoms with Crippen LogP contribution in [0.2, 0.25) is 0 Å². The van der Waals surface area contributed by atoms with Crippen LogP contribution in [-0.2, 0) is 11.3 Å². The first-order chi connectivity index (χ1) is 16.7. The highest BCUT2D eigenvalue weighted by Gasteiger charge is 2.21. The molecule has 0 aliphatic carbocycles. The molecule has 0 bridgehead atoms. The molecule has 0 saturated carbocycles. The van der Waals surface area contributed by atoms with Gasteiger partial charge in [0, 0.05) is 18.3 Å². The third-order valence-electron chi connectivity index (χ3n) is 5.73. The van der Waals surface area contributed by atoms with Crippen molar-refractivity contribution in [3.63, 3.8) is 0 Å². The molecule has 4 rings (SSSR count). The van der Waals surface area contributed by atoms with Gasteiger partial charge in [-0.2, -0.15) is 4.99 Å². The molecule has 35 heavy (non-hydrogen) atoms. The average Bonchev–Trinajstić information content (AvgIpc) is 2.81. The summed E-state index contributed by atoms with van der Waals surface area (Å²) in [5.74, 6) is -1.03. The topological polar surface area (TPSA) is 95.0 Å². The summed E-state index contributed by atoms with van der Waals surface area (Å²) < 4.78 is 8.43. The smallest absolute Gasteiger partial charge is 0.341 e. The van der Waals surface area contributed by atoms with Crippen molar-refractivity contribution in [3.05, 3.63) is 86.8 Å². The number of carbonyl (C=O) groups is 2. The van der Waals surface area contributed by atoms with Gasteiger partial charge < -0.3 is 9.30 Å².